The van der Waals surface area contributed by atoms with E-state index in [1.54, 1.807) is 0 Å². The topological polar surface area (TPSA) is 39.1 Å². The Balaban J connectivity index is 1.47. The zero-order valence-corrected chi connectivity index (χ0v) is 14.6. The van der Waals surface area contributed by atoms with Crippen molar-refractivity contribution in [3.63, 3.8) is 0 Å². The van der Waals surface area contributed by atoms with Crippen LogP contribution in [-0.4, -0.2) is 16.4 Å². The second kappa shape index (κ2) is 6.98. The third-order valence-corrected chi connectivity index (χ3v) is 5.39. The Hall–Kier alpha value is -1.81. The van der Waals surface area contributed by atoms with Crippen molar-refractivity contribution in [2.24, 2.45) is 7.05 Å². The van der Waals surface area contributed by atoms with Crippen molar-refractivity contribution in [2.75, 3.05) is 11.9 Å². The van der Waals surface area contributed by atoms with Gasteiger partial charge in [0.05, 0.1) is 18.9 Å². The van der Waals surface area contributed by atoms with Crippen LogP contribution in [0.25, 0.3) is 0 Å². The molecule has 0 bridgehead atoms. The van der Waals surface area contributed by atoms with Crippen molar-refractivity contribution in [2.45, 2.75) is 57.6 Å². The molecular formula is C20H27N3O. The van der Waals surface area contributed by atoms with Crippen LogP contribution in [0, 0.1) is 0 Å². The molecule has 1 aliphatic carbocycles. The van der Waals surface area contributed by atoms with Crippen molar-refractivity contribution in [3.05, 3.63) is 46.8 Å². The van der Waals surface area contributed by atoms with Crippen LogP contribution in [0.2, 0.25) is 0 Å². The molecule has 1 aromatic heterocycles. The van der Waals surface area contributed by atoms with Crippen molar-refractivity contribution in [3.8, 4) is 0 Å². The van der Waals surface area contributed by atoms with E-state index in [0.717, 1.165) is 26.2 Å². The third kappa shape index (κ3) is 3.34. The number of nitrogens with one attached hydrogen (secondary N) is 1. The molecule has 0 saturated heterocycles. The summed E-state index contributed by atoms with van der Waals surface area (Å²) in [5.74, 6) is 0.647. The van der Waals surface area contributed by atoms with Gasteiger partial charge in [-0.3, -0.25) is 4.68 Å². The molecule has 0 amide bonds. The molecule has 0 spiro atoms. The van der Waals surface area contributed by atoms with Gasteiger partial charge in [0, 0.05) is 37.0 Å². The average Bonchev–Trinajstić information content (AvgIpc) is 3.01. The van der Waals surface area contributed by atoms with Crippen LogP contribution in [0.3, 0.4) is 0 Å². The first-order valence-electron chi connectivity index (χ1n) is 9.25. The Kier molecular flexibility index (Phi) is 4.56. The molecule has 24 heavy (non-hydrogen) atoms. The average molecular weight is 325 g/mol. The van der Waals surface area contributed by atoms with Gasteiger partial charge in [-0.15, -0.1) is 0 Å². The molecule has 4 rings (SSSR count). The summed E-state index contributed by atoms with van der Waals surface area (Å²) in [5.41, 5.74) is 6.59. The second-order valence-electron chi connectivity index (χ2n) is 7.19. The number of rotatable bonds is 4. The standard InChI is InChI=1S/C20H27N3O/c1-23-13-18(20(22-23)16-5-3-2-4-6-16)12-21-19-8-7-15-9-10-24-14-17(15)11-19/h7-8,11,13,16,21H,2-6,9-10,12,14H2,1H3. The van der Waals surface area contributed by atoms with Crippen molar-refractivity contribution in [1.82, 2.24) is 9.78 Å². The first kappa shape index (κ1) is 15.7. The van der Waals surface area contributed by atoms with Crippen LogP contribution >= 0.6 is 0 Å². The summed E-state index contributed by atoms with van der Waals surface area (Å²) in [6.07, 6.45) is 9.87. The minimum absolute atomic E-state index is 0.647. The monoisotopic (exact) mass is 325 g/mol. The van der Waals surface area contributed by atoms with Gasteiger partial charge in [-0.2, -0.15) is 5.10 Å². The van der Waals surface area contributed by atoms with Gasteiger partial charge in [0.1, 0.15) is 0 Å². The summed E-state index contributed by atoms with van der Waals surface area (Å²) in [4.78, 5) is 0. The highest BCUT2D eigenvalue weighted by atomic mass is 16.5. The van der Waals surface area contributed by atoms with Gasteiger partial charge in [-0.1, -0.05) is 25.3 Å². The molecule has 4 heteroatoms. The van der Waals surface area contributed by atoms with Crippen LogP contribution in [0.5, 0.6) is 0 Å². The maximum Gasteiger partial charge on any atom is 0.0720 e. The zero-order chi connectivity index (χ0) is 16.4. The Morgan fingerprint density at radius 1 is 1.21 bits per heavy atom. The number of fused-ring (bicyclic) bond motifs is 1. The quantitative estimate of drug-likeness (QED) is 0.918. The summed E-state index contributed by atoms with van der Waals surface area (Å²) in [5, 5.41) is 8.37. The van der Waals surface area contributed by atoms with Gasteiger partial charge in [-0.05, 0) is 42.5 Å². The number of aromatic nitrogens is 2. The number of nitrogens with zero attached hydrogens (tertiary/aromatic N) is 2. The fraction of sp³-hybridized carbons (Fsp3) is 0.550. The number of ether oxygens (including phenoxy) is 1. The molecular weight excluding hydrogens is 298 g/mol. The molecule has 0 atom stereocenters. The highest BCUT2D eigenvalue weighted by Crippen LogP contribution is 2.33. The lowest BCUT2D eigenvalue weighted by molar-refractivity contribution is 0.111. The summed E-state index contributed by atoms with van der Waals surface area (Å²) in [7, 11) is 2.03. The Morgan fingerprint density at radius 3 is 2.96 bits per heavy atom. The van der Waals surface area contributed by atoms with Crippen LogP contribution in [0.1, 0.15) is 60.4 Å². The smallest absolute Gasteiger partial charge is 0.0720 e. The Morgan fingerprint density at radius 2 is 2.08 bits per heavy atom. The maximum atomic E-state index is 5.57. The van der Waals surface area contributed by atoms with Crippen molar-refractivity contribution >= 4 is 5.69 Å². The zero-order valence-electron chi connectivity index (χ0n) is 14.6. The maximum absolute atomic E-state index is 5.57. The number of hydrogen-bond donors (Lipinski definition) is 1. The number of aryl methyl sites for hydroxylation is 1. The predicted molar refractivity (Wildman–Crippen MR) is 96.2 cm³/mol. The molecule has 2 aliphatic rings. The predicted octanol–water partition coefficient (Wildman–Crippen LogP) is 4.15. The number of benzene rings is 1. The van der Waals surface area contributed by atoms with E-state index in [1.165, 1.54) is 60.2 Å². The number of anilines is 1. The summed E-state index contributed by atoms with van der Waals surface area (Å²) < 4.78 is 7.55. The highest BCUT2D eigenvalue weighted by Gasteiger charge is 2.21. The fourth-order valence-corrected chi connectivity index (χ4v) is 4.09. The first-order valence-corrected chi connectivity index (χ1v) is 9.25. The van der Waals surface area contributed by atoms with Gasteiger partial charge in [0.2, 0.25) is 0 Å². The third-order valence-electron chi connectivity index (χ3n) is 5.39. The first-order chi connectivity index (χ1) is 11.8. The summed E-state index contributed by atoms with van der Waals surface area (Å²) >= 11 is 0. The SMILES string of the molecule is Cn1cc(CNc2ccc3c(c2)COCC3)c(C2CCCCC2)n1. The molecule has 1 N–H and O–H groups in total. The van der Waals surface area contributed by atoms with Gasteiger partial charge < -0.3 is 10.1 Å². The van der Waals surface area contributed by atoms with Gasteiger partial charge in [-0.25, -0.2) is 0 Å². The minimum atomic E-state index is 0.647. The summed E-state index contributed by atoms with van der Waals surface area (Å²) in [6.45, 7) is 2.44. The van der Waals surface area contributed by atoms with E-state index >= 15 is 0 Å². The number of hydrogen-bond acceptors (Lipinski definition) is 3. The van der Waals surface area contributed by atoms with Crippen LogP contribution in [0.4, 0.5) is 5.69 Å². The molecule has 1 saturated carbocycles. The Labute approximate surface area is 144 Å². The van der Waals surface area contributed by atoms with E-state index < -0.39 is 0 Å². The van der Waals surface area contributed by atoms with Gasteiger partial charge in [0.15, 0.2) is 0 Å². The summed E-state index contributed by atoms with van der Waals surface area (Å²) in [6, 6.07) is 6.68. The van der Waals surface area contributed by atoms with E-state index in [9.17, 15) is 0 Å². The molecule has 0 unspecified atom stereocenters. The lowest BCUT2D eigenvalue weighted by Crippen LogP contribution is -2.11. The molecule has 128 valence electrons. The van der Waals surface area contributed by atoms with E-state index in [-0.39, 0.29) is 0 Å². The van der Waals surface area contributed by atoms with E-state index in [4.69, 9.17) is 9.84 Å². The van der Waals surface area contributed by atoms with Crippen LogP contribution < -0.4 is 5.32 Å². The van der Waals surface area contributed by atoms with Gasteiger partial charge >= 0.3 is 0 Å². The fourth-order valence-electron chi connectivity index (χ4n) is 4.09. The molecule has 1 fully saturated rings. The lowest BCUT2D eigenvalue weighted by atomic mass is 9.85. The minimum Gasteiger partial charge on any atom is -0.381 e. The van der Waals surface area contributed by atoms with E-state index in [2.05, 4.69) is 29.7 Å². The second-order valence-corrected chi connectivity index (χ2v) is 7.19. The van der Waals surface area contributed by atoms with Gasteiger partial charge in [0.25, 0.3) is 0 Å². The molecule has 4 nitrogen and oxygen atoms in total. The molecule has 1 aromatic carbocycles. The highest BCUT2D eigenvalue weighted by molar-refractivity contribution is 5.49. The Bertz CT molecular complexity index is 701. The lowest BCUT2D eigenvalue weighted by Gasteiger charge is -2.21. The van der Waals surface area contributed by atoms with Crippen LogP contribution in [0.15, 0.2) is 24.4 Å². The van der Waals surface area contributed by atoms with Crippen molar-refractivity contribution < 1.29 is 4.74 Å². The molecule has 0 radical (unpaired) electrons. The van der Waals surface area contributed by atoms with E-state index in [1.807, 2.05) is 11.7 Å². The molecule has 2 aromatic rings. The normalized spacial score (nSPS) is 18.4. The van der Waals surface area contributed by atoms with Crippen molar-refractivity contribution in [1.29, 1.82) is 0 Å². The largest absolute Gasteiger partial charge is 0.381 e. The van der Waals surface area contributed by atoms with Crippen LogP contribution in [-0.2, 0) is 31.4 Å². The molecule has 1 aliphatic heterocycles. The van der Waals surface area contributed by atoms with E-state index in [0.29, 0.717) is 5.92 Å². The molecule has 2 heterocycles.